The van der Waals surface area contributed by atoms with Gasteiger partial charge in [0.15, 0.2) is 6.10 Å². The van der Waals surface area contributed by atoms with Crippen molar-refractivity contribution in [2.45, 2.75) is 19.2 Å². The fourth-order valence-corrected chi connectivity index (χ4v) is 2.59. The van der Waals surface area contributed by atoms with Crippen molar-refractivity contribution in [3.05, 3.63) is 64.9 Å². The first-order valence-corrected chi connectivity index (χ1v) is 8.30. The Morgan fingerprint density at radius 1 is 1.38 bits per heavy atom. The normalized spacial score (nSPS) is 13.0. The number of aryl methyl sites for hydroxylation is 2. The molecule has 0 bridgehead atoms. The van der Waals surface area contributed by atoms with Gasteiger partial charge in [0.05, 0.1) is 22.6 Å². The number of hydrogen-bond donors (Lipinski definition) is 2. The third-order valence-electron chi connectivity index (χ3n) is 4.06. The first-order valence-electron chi connectivity index (χ1n) is 8.30. The highest BCUT2D eigenvalue weighted by Gasteiger charge is 2.31. The number of hydrogen-bond acceptors (Lipinski definition) is 5. The monoisotopic (exact) mass is 407 g/mol. The van der Waals surface area contributed by atoms with E-state index in [0.29, 0.717) is 17.0 Å². The smallest absolute Gasteiger partial charge is 0.417 e. The predicted octanol–water partition coefficient (Wildman–Crippen LogP) is 3.13. The van der Waals surface area contributed by atoms with Crippen LogP contribution >= 0.6 is 0 Å². The van der Waals surface area contributed by atoms with Crippen LogP contribution in [-0.4, -0.2) is 36.0 Å². The summed E-state index contributed by atoms with van der Waals surface area (Å²) in [5.74, 6) is -0.973. The Morgan fingerprint density at radius 3 is 2.69 bits per heavy atom. The van der Waals surface area contributed by atoms with Crippen molar-refractivity contribution >= 4 is 12.0 Å². The summed E-state index contributed by atoms with van der Waals surface area (Å²) in [6.07, 6.45) is -0.775. The zero-order chi connectivity index (χ0) is 21.2. The van der Waals surface area contributed by atoms with E-state index in [9.17, 15) is 18.0 Å². The summed E-state index contributed by atoms with van der Waals surface area (Å²) in [6.45, 7) is 1.71. The van der Waals surface area contributed by atoms with E-state index in [-0.39, 0.29) is 11.6 Å². The zero-order valence-corrected chi connectivity index (χ0v) is 15.3. The van der Waals surface area contributed by atoms with Crippen molar-refractivity contribution < 1.29 is 27.8 Å². The number of aromatic amines is 1. The number of carboxylic acid groups (broad SMARTS) is 1. The highest BCUT2D eigenvalue weighted by molar-refractivity contribution is 5.84. The van der Waals surface area contributed by atoms with E-state index in [1.54, 1.807) is 20.2 Å². The maximum Gasteiger partial charge on any atom is 0.417 e. The predicted molar refractivity (Wildman–Crippen MR) is 94.9 cm³/mol. The largest absolute Gasteiger partial charge is 0.478 e. The molecule has 0 radical (unpaired) electrons. The van der Waals surface area contributed by atoms with Crippen LogP contribution in [0.25, 0.3) is 6.08 Å². The van der Waals surface area contributed by atoms with E-state index < -0.39 is 23.8 Å². The summed E-state index contributed by atoms with van der Waals surface area (Å²) in [5.41, 5.74) is 0.980. The van der Waals surface area contributed by atoms with Gasteiger partial charge >= 0.3 is 12.1 Å². The molecular weight excluding hydrogens is 391 g/mol. The van der Waals surface area contributed by atoms with Gasteiger partial charge in [0.1, 0.15) is 0 Å². The Hall–Kier alpha value is -3.63. The van der Waals surface area contributed by atoms with Gasteiger partial charge in [-0.25, -0.2) is 4.79 Å². The molecule has 11 heteroatoms. The first kappa shape index (κ1) is 20.1. The van der Waals surface area contributed by atoms with E-state index in [1.165, 1.54) is 22.9 Å². The maximum absolute atomic E-state index is 12.8. The van der Waals surface area contributed by atoms with Crippen LogP contribution in [0.5, 0.6) is 5.88 Å². The third-order valence-corrected chi connectivity index (χ3v) is 4.06. The fourth-order valence-electron chi connectivity index (χ4n) is 2.59. The van der Waals surface area contributed by atoms with Crippen LogP contribution in [0.2, 0.25) is 0 Å². The van der Waals surface area contributed by atoms with Crippen molar-refractivity contribution in [2.24, 2.45) is 7.05 Å². The molecule has 8 nitrogen and oxygen atoms in total. The zero-order valence-electron chi connectivity index (χ0n) is 15.3. The summed E-state index contributed by atoms with van der Waals surface area (Å²) >= 11 is 0. The molecule has 0 fully saturated rings. The summed E-state index contributed by atoms with van der Waals surface area (Å²) in [5, 5.41) is 19.6. The summed E-state index contributed by atoms with van der Waals surface area (Å²) < 4.78 is 45.8. The Kier molecular flexibility index (Phi) is 5.39. The molecule has 3 aromatic heterocycles. The molecule has 0 aromatic carbocycles. The number of aromatic nitrogens is 5. The molecule has 2 N–H and O–H groups in total. The molecule has 0 amide bonds. The number of pyridine rings is 1. The molecule has 152 valence electrons. The second-order valence-electron chi connectivity index (χ2n) is 6.10. The topological polar surface area (TPSA) is 106 Å². The molecule has 0 aliphatic carbocycles. The Bertz CT molecular complexity index is 1040. The van der Waals surface area contributed by atoms with E-state index in [2.05, 4.69) is 20.3 Å². The van der Waals surface area contributed by atoms with Gasteiger partial charge in [0.2, 0.25) is 5.88 Å². The summed E-state index contributed by atoms with van der Waals surface area (Å²) in [7, 11) is 1.60. The van der Waals surface area contributed by atoms with E-state index in [1.807, 2.05) is 0 Å². The number of nitrogens with one attached hydrogen (secondary N) is 1. The molecule has 0 saturated heterocycles. The first-order chi connectivity index (χ1) is 13.6. The molecule has 0 saturated carbocycles. The number of ether oxygens (including phenoxy) is 1. The van der Waals surface area contributed by atoms with Crippen LogP contribution in [0.15, 0.2) is 36.7 Å². The van der Waals surface area contributed by atoms with Crippen LogP contribution in [0.3, 0.4) is 0 Å². The number of nitrogens with zero attached hydrogens (tertiary/aromatic N) is 4. The lowest BCUT2D eigenvalue weighted by Crippen LogP contribution is -2.14. The standard InChI is InChI=1S/C18H16F3N5O3/c1-10-13(9-23-24-10)17(14-5-3-11(8-22-14)18(19,20)21)29-15-7-12(26(2)25-15)4-6-16(27)28/h3-9,17H,1-2H3,(H,23,24)(H,27,28)/b6-4+. The number of carbonyl (C=O) groups is 1. The molecule has 3 rings (SSSR count). The van der Waals surface area contributed by atoms with Crippen LogP contribution in [-0.2, 0) is 18.0 Å². The van der Waals surface area contributed by atoms with Crippen LogP contribution in [0.4, 0.5) is 13.2 Å². The number of alkyl halides is 3. The minimum absolute atomic E-state index is 0.143. The average molecular weight is 407 g/mol. The highest BCUT2D eigenvalue weighted by Crippen LogP contribution is 2.32. The van der Waals surface area contributed by atoms with Gasteiger partial charge in [-0.15, -0.1) is 5.10 Å². The Morgan fingerprint density at radius 2 is 2.14 bits per heavy atom. The molecule has 3 heterocycles. The quantitative estimate of drug-likeness (QED) is 0.608. The van der Waals surface area contributed by atoms with Gasteiger partial charge in [-0.2, -0.15) is 18.3 Å². The van der Waals surface area contributed by atoms with Crippen molar-refractivity contribution in [1.29, 1.82) is 0 Å². The fraction of sp³-hybridized carbons (Fsp3) is 0.222. The van der Waals surface area contributed by atoms with Crippen LogP contribution in [0.1, 0.15) is 34.3 Å². The van der Waals surface area contributed by atoms with Crippen molar-refractivity contribution in [1.82, 2.24) is 25.0 Å². The molecule has 3 aromatic rings. The van der Waals surface area contributed by atoms with Crippen LogP contribution in [0, 0.1) is 6.92 Å². The Balaban J connectivity index is 1.95. The second kappa shape index (κ2) is 7.78. The lowest BCUT2D eigenvalue weighted by Gasteiger charge is -2.17. The van der Waals surface area contributed by atoms with Gasteiger partial charge in [0.25, 0.3) is 0 Å². The molecule has 0 aliphatic rings. The molecular formula is C18H16F3N5O3. The third kappa shape index (κ3) is 4.62. The molecule has 1 atom stereocenters. The van der Waals surface area contributed by atoms with Crippen molar-refractivity contribution in [3.8, 4) is 5.88 Å². The van der Waals surface area contributed by atoms with E-state index in [0.717, 1.165) is 18.3 Å². The Labute approximate surface area is 162 Å². The van der Waals surface area contributed by atoms with Gasteiger partial charge in [-0.3, -0.25) is 14.8 Å². The minimum Gasteiger partial charge on any atom is -0.478 e. The lowest BCUT2D eigenvalue weighted by molar-refractivity contribution is -0.138. The van der Waals surface area contributed by atoms with Gasteiger partial charge in [-0.05, 0) is 25.1 Å². The highest BCUT2D eigenvalue weighted by atomic mass is 19.4. The lowest BCUT2D eigenvalue weighted by atomic mass is 10.1. The molecule has 29 heavy (non-hydrogen) atoms. The number of carboxylic acids is 1. The molecule has 0 aliphatic heterocycles. The van der Waals surface area contributed by atoms with Gasteiger partial charge in [-0.1, -0.05) is 0 Å². The van der Waals surface area contributed by atoms with Gasteiger partial charge < -0.3 is 9.84 Å². The molecule has 1 unspecified atom stereocenters. The van der Waals surface area contributed by atoms with E-state index in [4.69, 9.17) is 9.84 Å². The number of H-pyrrole nitrogens is 1. The average Bonchev–Trinajstić information content (AvgIpc) is 3.22. The van der Waals surface area contributed by atoms with Crippen LogP contribution < -0.4 is 4.74 Å². The molecule has 0 spiro atoms. The number of aliphatic carboxylic acids is 1. The number of rotatable bonds is 6. The van der Waals surface area contributed by atoms with E-state index >= 15 is 0 Å². The summed E-state index contributed by atoms with van der Waals surface area (Å²) in [6, 6.07) is 3.66. The maximum atomic E-state index is 12.8. The van der Waals surface area contributed by atoms with Gasteiger partial charge in [0, 0.05) is 37.1 Å². The second-order valence-corrected chi connectivity index (χ2v) is 6.10. The number of halogens is 3. The SMILES string of the molecule is Cc1n[nH]cc1C(Oc1cc(/C=C/C(=O)O)n(C)n1)c1ccc(C(F)(F)F)cn1. The summed E-state index contributed by atoms with van der Waals surface area (Å²) in [4.78, 5) is 14.6. The van der Waals surface area contributed by atoms with Crippen molar-refractivity contribution in [2.75, 3.05) is 0 Å². The minimum atomic E-state index is -4.50. The van der Waals surface area contributed by atoms with Crippen molar-refractivity contribution in [3.63, 3.8) is 0 Å².